The van der Waals surface area contributed by atoms with Crippen LogP contribution in [0.4, 0.5) is 0 Å². The lowest BCUT2D eigenvalue weighted by molar-refractivity contribution is 1.17. The lowest BCUT2D eigenvalue weighted by atomic mass is 10.0. The Labute approximate surface area is 270 Å². The summed E-state index contributed by atoms with van der Waals surface area (Å²) in [5.41, 5.74) is 11.0. The first kappa shape index (κ1) is 25.7. The Morgan fingerprint density at radius 2 is 0.870 bits per heavy atom. The largest absolute Gasteiger partial charge is 0.309 e. The van der Waals surface area contributed by atoms with Gasteiger partial charge in [-0.1, -0.05) is 84.4 Å². The molecule has 3 heterocycles. The molecule has 10 rings (SSSR count). The highest BCUT2D eigenvalue weighted by molar-refractivity contribution is 7.25. The van der Waals surface area contributed by atoms with E-state index in [0.717, 1.165) is 0 Å². The maximum Gasteiger partial charge on any atom is 0.0541 e. The molecule has 0 bridgehead atoms. The van der Waals surface area contributed by atoms with Gasteiger partial charge in [0.05, 0.1) is 22.1 Å². The predicted molar refractivity (Wildman–Crippen MR) is 198 cm³/mol. The molecule has 0 aliphatic heterocycles. The van der Waals surface area contributed by atoms with Gasteiger partial charge in [-0.25, -0.2) is 0 Å². The third kappa shape index (κ3) is 3.70. The first-order valence-corrected chi connectivity index (χ1v) is 16.6. The van der Waals surface area contributed by atoms with Crippen molar-refractivity contribution in [2.75, 3.05) is 0 Å². The highest BCUT2D eigenvalue weighted by Gasteiger charge is 2.16. The van der Waals surface area contributed by atoms with Crippen LogP contribution < -0.4 is 0 Å². The van der Waals surface area contributed by atoms with Crippen LogP contribution in [0.25, 0.3) is 86.3 Å². The van der Waals surface area contributed by atoms with Crippen LogP contribution in [0.15, 0.2) is 152 Å². The highest BCUT2D eigenvalue weighted by atomic mass is 32.1. The van der Waals surface area contributed by atoms with E-state index in [2.05, 4.69) is 168 Å². The number of hydrogen-bond acceptors (Lipinski definition) is 1. The standard InChI is InChI=1S/C43H28N2S/c1-27-14-18-30(19-15-27)44-38-11-5-2-8-32(38)35-24-28(16-21-40(35)44)29-17-22-41-36(25-29)33-9-3-6-12-39(33)45(41)31-20-23-43-37(26-31)34-10-4-7-13-42(34)46-43/h2-26H,1H3. The third-order valence-electron chi connectivity index (χ3n) is 9.59. The quantitative estimate of drug-likeness (QED) is 0.190. The molecule has 0 aliphatic rings. The van der Waals surface area contributed by atoms with E-state index >= 15 is 0 Å². The number of benzene rings is 7. The average molecular weight is 605 g/mol. The highest BCUT2D eigenvalue weighted by Crippen LogP contribution is 2.40. The van der Waals surface area contributed by atoms with Crippen molar-refractivity contribution in [1.82, 2.24) is 9.13 Å². The van der Waals surface area contributed by atoms with Crippen LogP contribution >= 0.6 is 11.3 Å². The third-order valence-corrected chi connectivity index (χ3v) is 10.7. The lowest BCUT2D eigenvalue weighted by Crippen LogP contribution is -1.93. The van der Waals surface area contributed by atoms with Gasteiger partial charge in [0.25, 0.3) is 0 Å². The summed E-state index contributed by atoms with van der Waals surface area (Å²) in [6.45, 7) is 2.14. The summed E-state index contributed by atoms with van der Waals surface area (Å²) in [6.07, 6.45) is 0. The smallest absolute Gasteiger partial charge is 0.0541 e. The number of thiophene rings is 1. The predicted octanol–water partition coefficient (Wildman–Crippen LogP) is 12.2. The van der Waals surface area contributed by atoms with E-state index in [1.54, 1.807) is 0 Å². The Hall–Kier alpha value is -5.64. The molecule has 0 spiro atoms. The van der Waals surface area contributed by atoms with Crippen molar-refractivity contribution >= 4 is 75.1 Å². The monoisotopic (exact) mass is 604 g/mol. The second-order valence-electron chi connectivity index (χ2n) is 12.3. The Morgan fingerprint density at radius 3 is 1.52 bits per heavy atom. The molecule has 3 aromatic heterocycles. The zero-order valence-corrected chi connectivity index (χ0v) is 26.1. The van der Waals surface area contributed by atoms with Crippen LogP contribution in [0.3, 0.4) is 0 Å². The van der Waals surface area contributed by atoms with E-state index < -0.39 is 0 Å². The second kappa shape index (κ2) is 9.68. The van der Waals surface area contributed by atoms with Crippen molar-refractivity contribution < 1.29 is 0 Å². The first-order chi connectivity index (χ1) is 22.7. The fraction of sp³-hybridized carbons (Fsp3) is 0.0233. The molecule has 7 aromatic carbocycles. The number of nitrogens with zero attached hydrogens (tertiary/aromatic N) is 2. The van der Waals surface area contributed by atoms with Crippen LogP contribution in [0.1, 0.15) is 5.56 Å². The van der Waals surface area contributed by atoms with E-state index in [-0.39, 0.29) is 0 Å². The molecule has 10 aromatic rings. The normalized spacial score (nSPS) is 12.0. The van der Waals surface area contributed by atoms with Crippen molar-refractivity contribution in [3.63, 3.8) is 0 Å². The summed E-state index contributed by atoms with van der Waals surface area (Å²) >= 11 is 1.87. The van der Waals surface area contributed by atoms with Crippen molar-refractivity contribution in [2.24, 2.45) is 0 Å². The van der Waals surface area contributed by atoms with Gasteiger partial charge in [0.1, 0.15) is 0 Å². The van der Waals surface area contributed by atoms with Gasteiger partial charge in [-0.15, -0.1) is 11.3 Å². The van der Waals surface area contributed by atoms with E-state index in [0.29, 0.717) is 0 Å². The topological polar surface area (TPSA) is 9.86 Å². The molecule has 0 radical (unpaired) electrons. The molecule has 3 heteroatoms. The van der Waals surface area contributed by atoms with Gasteiger partial charge in [0.15, 0.2) is 0 Å². The summed E-state index contributed by atoms with van der Waals surface area (Å²) in [5, 5.41) is 7.73. The number of aryl methyl sites for hydroxylation is 1. The average Bonchev–Trinajstić information content (AvgIpc) is 3.75. The zero-order valence-electron chi connectivity index (χ0n) is 25.2. The second-order valence-corrected chi connectivity index (χ2v) is 13.4. The Kier molecular flexibility index (Phi) is 5.40. The Morgan fingerprint density at radius 1 is 0.370 bits per heavy atom. The summed E-state index contributed by atoms with van der Waals surface area (Å²) < 4.78 is 7.48. The van der Waals surface area contributed by atoms with Gasteiger partial charge in [-0.05, 0) is 90.8 Å². The van der Waals surface area contributed by atoms with E-state index in [4.69, 9.17) is 0 Å². The Balaban J connectivity index is 1.17. The molecule has 2 nitrogen and oxygen atoms in total. The molecule has 0 amide bonds. The number of hydrogen-bond donors (Lipinski definition) is 0. The minimum Gasteiger partial charge on any atom is -0.309 e. The van der Waals surface area contributed by atoms with Gasteiger partial charge in [-0.2, -0.15) is 0 Å². The van der Waals surface area contributed by atoms with Gasteiger partial charge >= 0.3 is 0 Å². The van der Waals surface area contributed by atoms with E-state index in [9.17, 15) is 0 Å². The molecule has 0 saturated heterocycles. The molecular formula is C43H28N2S. The van der Waals surface area contributed by atoms with Gasteiger partial charge in [0.2, 0.25) is 0 Å². The molecule has 0 N–H and O–H groups in total. The van der Waals surface area contributed by atoms with Crippen molar-refractivity contribution in [1.29, 1.82) is 0 Å². The maximum absolute atomic E-state index is 2.43. The lowest BCUT2D eigenvalue weighted by Gasteiger charge is -2.10. The Bertz CT molecular complexity index is 2810. The molecule has 46 heavy (non-hydrogen) atoms. The maximum atomic E-state index is 2.43. The van der Waals surface area contributed by atoms with Gasteiger partial charge < -0.3 is 9.13 Å². The van der Waals surface area contributed by atoms with Crippen molar-refractivity contribution in [3.8, 4) is 22.5 Å². The fourth-order valence-corrected chi connectivity index (χ4v) is 8.49. The van der Waals surface area contributed by atoms with Crippen LogP contribution in [0, 0.1) is 6.92 Å². The van der Waals surface area contributed by atoms with E-state index in [1.165, 1.54) is 91.8 Å². The summed E-state index contributed by atoms with van der Waals surface area (Å²) in [6, 6.07) is 56.0. The first-order valence-electron chi connectivity index (χ1n) is 15.8. The molecule has 0 aliphatic carbocycles. The number of fused-ring (bicyclic) bond motifs is 9. The van der Waals surface area contributed by atoms with Crippen molar-refractivity contribution in [2.45, 2.75) is 6.92 Å². The van der Waals surface area contributed by atoms with Crippen LogP contribution in [0.2, 0.25) is 0 Å². The summed E-state index contributed by atoms with van der Waals surface area (Å²) in [7, 11) is 0. The molecule has 0 fully saturated rings. The van der Waals surface area contributed by atoms with Crippen molar-refractivity contribution in [3.05, 3.63) is 157 Å². The summed E-state index contributed by atoms with van der Waals surface area (Å²) in [4.78, 5) is 0. The minimum absolute atomic E-state index is 1.19. The van der Waals surface area contributed by atoms with Crippen LogP contribution in [-0.4, -0.2) is 9.13 Å². The van der Waals surface area contributed by atoms with Crippen LogP contribution in [0.5, 0.6) is 0 Å². The van der Waals surface area contributed by atoms with Crippen LogP contribution in [-0.2, 0) is 0 Å². The van der Waals surface area contributed by atoms with Gasteiger partial charge in [-0.3, -0.25) is 0 Å². The molecule has 216 valence electrons. The fourth-order valence-electron chi connectivity index (χ4n) is 7.41. The van der Waals surface area contributed by atoms with E-state index in [1.807, 2.05) is 11.3 Å². The minimum atomic E-state index is 1.19. The summed E-state index contributed by atoms with van der Waals surface area (Å²) in [5.74, 6) is 0. The zero-order chi connectivity index (χ0) is 30.4. The molecule has 0 atom stereocenters. The number of para-hydroxylation sites is 2. The molecule has 0 saturated carbocycles. The molecule has 0 unspecified atom stereocenters. The molecular weight excluding hydrogens is 577 g/mol. The SMILES string of the molecule is Cc1ccc(-n2c3ccccc3c3cc(-c4ccc5c(c4)c4ccccc4n5-c4ccc5sc6ccccc6c5c4)ccc32)cc1. The van der Waals surface area contributed by atoms with Gasteiger partial charge in [0, 0.05) is 53.1 Å². The number of rotatable bonds is 3. The number of aromatic nitrogens is 2.